The number of hydrogen-bond acceptors (Lipinski definition) is 4. The van der Waals surface area contributed by atoms with Crippen LogP contribution in [0.15, 0.2) is 12.1 Å². The number of halogens is 2. The van der Waals surface area contributed by atoms with Crippen LogP contribution in [0.25, 0.3) is 0 Å². The molecule has 1 rings (SSSR count). The Labute approximate surface area is 127 Å². The Kier molecular flexibility index (Phi) is 6.70. The van der Waals surface area contributed by atoms with E-state index in [1.165, 1.54) is 31.2 Å². The number of methoxy groups -OCH3 is 1. The van der Waals surface area contributed by atoms with Gasteiger partial charge in [-0.15, -0.1) is 0 Å². The molecule has 0 aliphatic rings. The third-order valence-electron chi connectivity index (χ3n) is 2.37. The summed E-state index contributed by atoms with van der Waals surface area (Å²) in [6, 6.07) is 2.97. The van der Waals surface area contributed by atoms with Gasteiger partial charge < -0.3 is 15.0 Å². The van der Waals surface area contributed by atoms with Gasteiger partial charge in [0, 0.05) is 20.7 Å². The van der Waals surface area contributed by atoms with Gasteiger partial charge in [-0.3, -0.25) is 9.59 Å². The molecule has 0 spiro atoms. The molecule has 1 aromatic rings. The van der Waals surface area contributed by atoms with E-state index in [-0.39, 0.29) is 28.3 Å². The monoisotopic (exact) mass is 319 g/mol. The standard InChI is InChI=1S/C12H15Cl2N3O3/c1-17(7-10(18)15-5-6-20-2)12(19)11-8(13)3-4-9(14)16-11/h3-4H,5-7H2,1-2H3,(H,15,18). The first-order valence-corrected chi connectivity index (χ1v) is 6.54. The predicted octanol–water partition coefficient (Wildman–Crippen LogP) is 1.22. The van der Waals surface area contributed by atoms with Crippen LogP contribution >= 0.6 is 23.2 Å². The largest absolute Gasteiger partial charge is 0.383 e. The number of nitrogens with one attached hydrogen (secondary N) is 1. The Morgan fingerprint density at radius 3 is 2.75 bits per heavy atom. The normalized spacial score (nSPS) is 10.2. The van der Waals surface area contributed by atoms with Crippen molar-refractivity contribution in [2.75, 3.05) is 33.9 Å². The number of aromatic nitrogens is 1. The minimum atomic E-state index is -0.473. The second kappa shape index (κ2) is 8.04. The molecular weight excluding hydrogens is 305 g/mol. The van der Waals surface area contributed by atoms with Crippen LogP contribution in [-0.4, -0.2) is 55.6 Å². The first-order chi connectivity index (χ1) is 9.45. The zero-order valence-electron chi connectivity index (χ0n) is 11.2. The van der Waals surface area contributed by atoms with Crippen molar-refractivity contribution >= 4 is 35.0 Å². The fourth-order valence-corrected chi connectivity index (χ4v) is 1.72. The Balaban J connectivity index is 2.62. The quantitative estimate of drug-likeness (QED) is 0.632. The molecule has 0 saturated heterocycles. The molecular formula is C12H15Cl2N3O3. The average Bonchev–Trinajstić information content (AvgIpc) is 2.41. The lowest BCUT2D eigenvalue weighted by atomic mass is 10.3. The molecule has 1 N–H and O–H groups in total. The summed E-state index contributed by atoms with van der Waals surface area (Å²) in [6.45, 7) is 0.686. The van der Waals surface area contributed by atoms with Gasteiger partial charge in [-0.05, 0) is 12.1 Å². The van der Waals surface area contributed by atoms with Crippen molar-refractivity contribution in [1.29, 1.82) is 0 Å². The number of carbonyl (C=O) groups is 2. The summed E-state index contributed by atoms with van der Waals surface area (Å²) in [5, 5.41) is 2.96. The number of likely N-dealkylation sites (N-methyl/N-ethyl adjacent to an activating group) is 1. The highest BCUT2D eigenvalue weighted by Gasteiger charge is 2.19. The van der Waals surface area contributed by atoms with E-state index in [2.05, 4.69) is 10.3 Å². The smallest absolute Gasteiger partial charge is 0.274 e. The summed E-state index contributed by atoms with van der Waals surface area (Å²) in [4.78, 5) is 28.8. The lowest BCUT2D eigenvalue weighted by molar-refractivity contribution is -0.121. The molecule has 0 aliphatic carbocycles. The van der Waals surface area contributed by atoms with Crippen molar-refractivity contribution in [3.63, 3.8) is 0 Å². The van der Waals surface area contributed by atoms with Gasteiger partial charge in [-0.2, -0.15) is 0 Å². The number of hydrogen-bond donors (Lipinski definition) is 1. The number of amides is 2. The van der Waals surface area contributed by atoms with Crippen molar-refractivity contribution in [3.05, 3.63) is 28.0 Å². The van der Waals surface area contributed by atoms with E-state index in [0.29, 0.717) is 13.2 Å². The van der Waals surface area contributed by atoms with Gasteiger partial charge in [0.15, 0.2) is 0 Å². The first-order valence-electron chi connectivity index (χ1n) is 5.79. The summed E-state index contributed by atoms with van der Waals surface area (Å²) in [5.41, 5.74) is 0.0198. The molecule has 0 bridgehead atoms. The van der Waals surface area contributed by atoms with Crippen LogP contribution in [-0.2, 0) is 9.53 Å². The summed E-state index contributed by atoms with van der Waals surface area (Å²) in [5.74, 6) is -0.768. The SMILES string of the molecule is COCCNC(=O)CN(C)C(=O)c1nc(Cl)ccc1Cl. The Bertz CT molecular complexity index is 497. The third-order valence-corrected chi connectivity index (χ3v) is 2.89. The maximum atomic E-state index is 12.1. The molecule has 8 heteroatoms. The van der Waals surface area contributed by atoms with E-state index < -0.39 is 5.91 Å². The number of carbonyl (C=O) groups excluding carboxylic acids is 2. The minimum absolute atomic E-state index is 0.0198. The molecule has 0 radical (unpaired) electrons. The van der Waals surface area contributed by atoms with Gasteiger partial charge in [0.05, 0.1) is 18.2 Å². The van der Waals surface area contributed by atoms with Gasteiger partial charge in [-0.25, -0.2) is 4.98 Å². The van der Waals surface area contributed by atoms with Crippen molar-refractivity contribution in [1.82, 2.24) is 15.2 Å². The first kappa shape index (κ1) is 16.7. The van der Waals surface area contributed by atoms with E-state index >= 15 is 0 Å². The van der Waals surface area contributed by atoms with Crippen molar-refractivity contribution in [2.45, 2.75) is 0 Å². The Morgan fingerprint density at radius 1 is 1.40 bits per heavy atom. The maximum Gasteiger partial charge on any atom is 0.274 e. The average molecular weight is 320 g/mol. The van der Waals surface area contributed by atoms with Gasteiger partial charge in [0.2, 0.25) is 5.91 Å². The van der Waals surface area contributed by atoms with E-state index in [1.54, 1.807) is 0 Å². The molecule has 0 atom stereocenters. The molecule has 0 aromatic carbocycles. The molecule has 1 aromatic heterocycles. The highest BCUT2D eigenvalue weighted by atomic mass is 35.5. The van der Waals surface area contributed by atoms with Crippen LogP contribution in [0.5, 0.6) is 0 Å². The predicted molar refractivity (Wildman–Crippen MR) is 76.1 cm³/mol. The van der Waals surface area contributed by atoms with E-state index in [4.69, 9.17) is 27.9 Å². The Hall–Kier alpha value is -1.37. The van der Waals surface area contributed by atoms with Gasteiger partial charge >= 0.3 is 0 Å². The van der Waals surface area contributed by atoms with E-state index in [9.17, 15) is 9.59 Å². The number of ether oxygens (including phenoxy) is 1. The molecule has 0 saturated carbocycles. The van der Waals surface area contributed by atoms with E-state index in [1.807, 2.05) is 0 Å². The number of nitrogens with zero attached hydrogens (tertiary/aromatic N) is 2. The zero-order chi connectivity index (χ0) is 15.1. The number of rotatable bonds is 6. The van der Waals surface area contributed by atoms with Crippen LogP contribution in [0.1, 0.15) is 10.5 Å². The van der Waals surface area contributed by atoms with E-state index in [0.717, 1.165) is 0 Å². The van der Waals surface area contributed by atoms with Crippen LogP contribution in [0, 0.1) is 0 Å². The van der Waals surface area contributed by atoms with Gasteiger partial charge in [0.25, 0.3) is 5.91 Å². The van der Waals surface area contributed by atoms with Crippen molar-refractivity contribution in [3.8, 4) is 0 Å². The fraction of sp³-hybridized carbons (Fsp3) is 0.417. The fourth-order valence-electron chi connectivity index (χ4n) is 1.38. The Morgan fingerprint density at radius 2 is 2.10 bits per heavy atom. The molecule has 0 unspecified atom stereocenters. The van der Waals surface area contributed by atoms with Crippen molar-refractivity contribution < 1.29 is 14.3 Å². The molecule has 20 heavy (non-hydrogen) atoms. The molecule has 110 valence electrons. The molecule has 0 aliphatic heterocycles. The lowest BCUT2D eigenvalue weighted by Gasteiger charge is -2.17. The molecule has 1 heterocycles. The summed E-state index contributed by atoms with van der Waals surface area (Å²) < 4.78 is 4.81. The highest BCUT2D eigenvalue weighted by molar-refractivity contribution is 6.34. The second-order valence-electron chi connectivity index (χ2n) is 3.97. The molecule has 6 nitrogen and oxygen atoms in total. The van der Waals surface area contributed by atoms with Gasteiger partial charge in [-0.1, -0.05) is 23.2 Å². The maximum absolute atomic E-state index is 12.1. The van der Waals surface area contributed by atoms with Crippen molar-refractivity contribution in [2.24, 2.45) is 0 Å². The van der Waals surface area contributed by atoms with Crippen LogP contribution in [0.4, 0.5) is 0 Å². The van der Waals surface area contributed by atoms with Gasteiger partial charge in [0.1, 0.15) is 10.8 Å². The highest BCUT2D eigenvalue weighted by Crippen LogP contribution is 2.18. The molecule has 0 fully saturated rings. The number of pyridine rings is 1. The van der Waals surface area contributed by atoms with Crippen LogP contribution in [0.3, 0.4) is 0 Å². The topological polar surface area (TPSA) is 71.5 Å². The third kappa shape index (κ3) is 4.96. The molecule has 2 amide bonds. The summed E-state index contributed by atoms with van der Waals surface area (Å²) >= 11 is 11.6. The minimum Gasteiger partial charge on any atom is -0.383 e. The summed E-state index contributed by atoms with van der Waals surface area (Å²) in [7, 11) is 3.02. The second-order valence-corrected chi connectivity index (χ2v) is 4.76. The summed E-state index contributed by atoms with van der Waals surface area (Å²) in [6.07, 6.45) is 0. The van der Waals surface area contributed by atoms with Crippen LogP contribution in [0.2, 0.25) is 10.2 Å². The zero-order valence-corrected chi connectivity index (χ0v) is 12.7. The van der Waals surface area contributed by atoms with Crippen LogP contribution < -0.4 is 5.32 Å². The lowest BCUT2D eigenvalue weighted by Crippen LogP contribution is -2.39.